The standard InChI is InChI=1S/C16H21N3/c1-11-7-9-19(10-12(11)2)15-6-5-14-13(16(15)17)4-3-8-18-14/h3-6,8,11-12H,7,9-10,17H2,1-2H3. The van der Waals surface area contributed by atoms with E-state index >= 15 is 0 Å². The molecule has 0 spiro atoms. The summed E-state index contributed by atoms with van der Waals surface area (Å²) < 4.78 is 0. The highest BCUT2D eigenvalue weighted by Crippen LogP contribution is 2.34. The Labute approximate surface area is 114 Å². The summed E-state index contributed by atoms with van der Waals surface area (Å²) in [5.41, 5.74) is 9.36. The molecule has 0 saturated carbocycles. The number of hydrogen-bond acceptors (Lipinski definition) is 3. The zero-order valence-electron chi connectivity index (χ0n) is 11.6. The van der Waals surface area contributed by atoms with Crippen LogP contribution in [-0.2, 0) is 0 Å². The molecule has 2 unspecified atom stereocenters. The van der Waals surface area contributed by atoms with Crippen molar-refractivity contribution in [2.45, 2.75) is 20.3 Å². The van der Waals surface area contributed by atoms with Gasteiger partial charge < -0.3 is 10.6 Å². The van der Waals surface area contributed by atoms with E-state index in [1.807, 2.05) is 12.3 Å². The van der Waals surface area contributed by atoms with Gasteiger partial charge in [-0.3, -0.25) is 4.98 Å². The van der Waals surface area contributed by atoms with Crippen molar-refractivity contribution in [2.24, 2.45) is 11.8 Å². The maximum atomic E-state index is 6.35. The fourth-order valence-electron chi connectivity index (χ4n) is 2.92. The first-order chi connectivity index (χ1) is 9.16. The van der Waals surface area contributed by atoms with E-state index in [0.29, 0.717) is 0 Å². The second-order valence-corrected chi connectivity index (χ2v) is 5.76. The molecular weight excluding hydrogens is 234 g/mol. The molecule has 1 aliphatic heterocycles. The first kappa shape index (κ1) is 12.3. The Balaban J connectivity index is 1.99. The molecule has 0 bridgehead atoms. The van der Waals surface area contributed by atoms with Crippen LogP contribution in [0.3, 0.4) is 0 Å². The Kier molecular flexibility index (Phi) is 3.05. The van der Waals surface area contributed by atoms with Crippen LogP contribution in [0.2, 0.25) is 0 Å². The molecule has 3 nitrogen and oxygen atoms in total. The molecule has 0 aliphatic carbocycles. The Bertz CT molecular complexity index is 594. The van der Waals surface area contributed by atoms with Gasteiger partial charge in [0, 0.05) is 24.7 Å². The van der Waals surface area contributed by atoms with Gasteiger partial charge in [0.25, 0.3) is 0 Å². The molecule has 1 aromatic heterocycles. The lowest BCUT2D eigenvalue weighted by Gasteiger charge is -2.37. The fraction of sp³-hybridized carbons (Fsp3) is 0.438. The number of rotatable bonds is 1. The average Bonchev–Trinajstić information content (AvgIpc) is 2.43. The Hall–Kier alpha value is -1.77. The highest BCUT2D eigenvalue weighted by atomic mass is 15.1. The Morgan fingerprint density at radius 2 is 2.05 bits per heavy atom. The second-order valence-electron chi connectivity index (χ2n) is 5.76. The van der Waals surface area contributed by atoms with Crippen molar-refractivity contribution < 1.29 is 0 Å². The maximum Gasteiger partial charge on any atom is 0.0724 e. The first-order valence-electron chi connectivity index (χ1n) is 7.05. The summed E-state index contributed by atoms with van der Waals surface area (Å²) in [7, 11) is 0. The molecular formula is C16H21N3. The summed E-state index contributed by atoms with van der Waals surface area (Å²) in [5.74, 6) is 1.53. The van der Waals surface area contributed by atoms with Crippen molar-refractivity contribution in [2.75, 3.05) is 23.7 Å². The summed E-state index contributed by atoms with van der Waals surface area (Å²) in [6, 6.07) is 8.19. The summed E-state index contributed by atoms with van der Waals surface area (Å²) in [6.45, 7) is 6.86. The second kappa shape index (κ2) is 4.72. The third kappa shape index (κ3) is 2.14. The zero-order valence-corrected chi connectivity index (χ0v) is 11.6. The van der Waals surface area contributed by atoms with Crippen molar-refractivity contribution in [1.29, 1.82) is 0 Å². The topological polar surface area (TPSA) is 42.2 Å². The minimum absolute atomic E-state index is 0.720. The molecule has 0 amide bonds. The van der Waals surface area contributed by atoms with E-state index in [-0.39, 0.29) is 0 Å². The zero-order chi connectivity index (χ0) is 13.4. The van der Waals surface area contributed by atoms with E-state index in [2.05, 4.69) is 41.9 Å². The lowest BCUT2D eigenvalue weighted by molar-refractivity contribution is 0.324. The van der Waals surface area contributed by atoms with E-state index in [1.165, 1.54) is 12.1 Å². The molecule has 1 aliphatic rings. The van der Waals surface area contributed by atoms with Crippen LogP contribution in [0.15, 0.2) is 30.5 Å². The SMILES string of the molecule is CC1CCN(c2ccc3ncccc3c2N)CC1C. The van der Waals surface area contributed by atoms with E-state index in [4.69, 9.17) is 5.73 Å². The summed E-state index contributed by atoms with van der Waals surface area (Å²) in [4.78, 5) is 6.78. The van der Waals surface area contributed by atoms with Gasteiger partial charge in [-0.2, -0.15) is 0 Å². The number of pyridine rings is 1. The van der Waals surface area contributed by atoms with Crippen molar-refractivity contribution in [3.63, 3.8) is 0 Å². The quantitative estimate of drug-likeness (QED) is 0.795. The van der Waals surface area contributed by atoms with E-state index in [9.17, 15) is 0 Å². The predicted molar refractivity (Wildman–Crippen MR) is 81.3 cm³/mol. The van der Waals surface area contributed by atoms with Gasteiger partial charge in [0.05, 0.1) is 16.9 Å². The number of nitrogens with zero attached hydrogens (tertiary/aromatic N) is 2. The molecule has 2 atom stereocenters. The number of nitrogen functional groups attached to an aromatic ring is 1. The van der Waals surface area contributed by atoms with Gasteiger partial charge in [-0.15, -0.1) is 0 Å². The van der Waals surface area contributed by atoms with Crippen molar-refractivity contribution in [3.8, 4) is 0 Å². The lowest BCUT2D eigenvalue weighted by atomic mass is 9.88. The highest BCUT2D eigenvalue weighted by molar-refractivity contribution is 5.97. The molecule has 100 valence electrons. The van der Waals surface area contributed by atoms with E-state index < -0.39 is 0 Å². The van der Waals surface area contributed by atoms with Crippen LogP contribution in [0, 0.1) is 11.8 Å². The number of piperidine rings is 1. The average molecular weight is 255 g/mol. The van der Waals surface area contributed by atoms with Gasteiger partial charge in [0.2, 0.25) is 0 Å². The number of aromatic nitrogens is 1. The van der Waals surface area contributed by atoms with Gasteiger partial charge in [-0.05, 0) is 42.5 Å². The van der Waals surface area contributed by atoms with Crippen LogP contribution < -0.4 is 10.6 Å². The van der Waals surface area contributed by atoms with Gasteiger partial charge in [-0.1, -0.05) is 13.8 Å². The van der Waals surface area contributed by atoms with Crippen LogP contribution in [0.4, 0.5) is 11.4 Å². The molecule has 1 fully saturated rings. The molecule has 1 aromatic carbocycles. The molecule has 2 aromatic rings. The number of fused-ring (bicyclic) bond motifs is 1. The van der Waals surface area contributed by atoms with Gasteiger partial charge >= 0.3 is 0 Å². The lowest BCUT2D eigenvalue weighted by Crippen LogP contribution is -2.38. The van der Waals surface area contributed by atoms with Crippen molar-refractivity contribution in [3.05, 3.63) is 30.5 Å². The number of benzene rings is 1. The third-order valence-electron chi connectivity index (χ3n) is 4.48. The highest BCUT2D eigenvalue weighted by Gasteiger charge is 2.24. The molecule has 0 radical (unpaired) electrons. The Morgan fingerprint density at radius 1 is 1.21 bits per heavy atom. The first-order valence-corrected chi connectivity index (χ1v) is 7.05. The molecule has 2 heterocycles. The van der Waals surface area contributed by atoms with Crippen molar-refractivity contribution >= 4 is 22.3 Å². The monoisotopic (exact) mass is 255 g/mol. The van der Waals surface area contributed by atoms with Crippen LogP contribution in [0.1, 0.15) is 20.3 Å². The summed E-state index contributed by atoms with van der Waals surface area (Å²) >= 11 is 0. The van der Waals surface area contributed by atoms with Crippen molar-refractivity contribution in [1.82, 2.24) is 4.98 Å². The number of nitrogens with two attached hydrogens (primary N) is 1. The van der Waals surface area contributed by atoms with E-state index in [1.54, 1.807) is 0 Å². The fourth-order valence-corrected chi connectivity index (χ4v) is 2.92. The maximum absolute atomic E-state index is 6.35. The van der Waals surface area contributed by atoms with Crippen LogP contribution in [-0.4, -0.2) is 18.1 Å². The van der Waals surface area contributed by atoms with Crippen LogP contribution in [0.5, 0.6) is 0 Å². The van der Waals surface area contributed by atoms with E-state index in [0.717, 1.165) is 41.5 Å². The van der Waals surface area contributed by atoms with Crippen LogP contribution >= 0.6 is 0 Å². The molecule has 19 heavy (non-hydrogen) atoms. The third-order valence-corrected chi connectivity index (χ3v) is 4.48. The number of anilines is 2. The van der Waals surface area contributed by atoms with Gasteiger partial charge in [0.1, 0.15) is 0 Å². The molecule has 3 rings (SSSR count). The summed E-state index contributed by atoms with van der Waals surface area (Å²) in [5, 5.41) is 1.06. The summed E-state index contributed by atoms with van der Waals surface area (Å²) in [6.07, 6.45) is 3.05. The normalized spacial score (nSPS) is 23.8. The minimum atomic E-state index is 0.720. The molecule has 2 N–H and O–H groups in total. The number of hydrogen-bond donors (Lipinski definition) is 1. The largest absolute Gasteiger partial charge is 0.396 e. The van der Waals surface area contributed by atoms with Gasteiger partial charge in [0.15, 0.2) is 0 Å². The van der Waals surface area contributed by atoms with Crippen LogP contribution in [0.25, 0.3) is 10.9 Å². The minimum Gasteiger partial charge on any atom is -0.396 e. The molecule has 1 saturated heterocycles. The van der Waals surface area contributed by atoms with Gasteiger partial charge in [-0.25, -0.2) is 0 Å². The Morgan fingerprint density at radius 3 is 2.84 bits per heavy atom. The smallest absolute Gasteiger partial charge is 0.0724 e. The predicted octanol–water partition coefficient (Wildman–Crippen LogP) is 3.30. The molecule has 3 heteroatoms.